The largest absolute Gasteiger partial charge is 0.550 e. The molecular formula is C14H23N3O2S. The Balaban J connectivity index is 1.76. The van der Waals surface area contributed by atoms with E-state index in [9.17, 15) is 9.90 Å². The highest BCUT2D eigenvalue weighted by Gasteiger charge is 2.22. The van der Waals surface area contributed by atoms with E-state index in [-0.39, 0.29) is 6.42 Å². The molecule has 0 aliphatic carbocycles. The molecular weight excluding hydrogens is 274 g/mol. The van der Waals surface area contributed by atoms with Crippen LogP contribution in [0, 0.1) is 0 Å². The summed E-state index contributed by atoms with van der Waals surface area (Å²) in [6.07, 6.45) is 3.34. The van der Waals surface area contributed by atoms with Gasteiger partial charge in [0.1, 0.15) is 0 Å². The van der Waals surface area contributed by atoms with Gasteiger partial charge in [0.05, 0.1) is 30.8 Å². The summed E-state index contributed by atoms with van der Waals surface area (Å²) in [5, 5.41) is 13.4. The van der Waals surface area contributed by atoms with Crippen molar-refractivity contribution in [3.63, 3.8) is 0 Å². The highest BCUT2D eigenvalue weighted by molar-refractivity contribution is 7.09. The van der Waals surface area contributed by atoms with Crippen LogP contribution in [0.15, 0.2) is 5.38 Å². The molecule has 1 aliphatic heterocycles. The molecule has 0 saturated carbocycles. The lowest BCUT2D eigenvalue weighted by Crippen LogP contribution is -3.10. The van der Waals surface area contributed by atoms with Gasteiger partial charge in [0.15, 0.2) is 0 Å². The van der Waals surface area contributed by atoms with Crippen molar-refractivity contribution in [3.8, 4) is 0 Å². The first-order valence-corrected chi connectivity index (χ1v) is 8.07. The van der Waals surface area contributed by atoms with Crippen LogP contribution in [-0.4, -0.2) is 55.6 Å². The Morgan fingerprint density at radius 3 is 2.90 bits per heavy atom. The fourth-order valence-corrected chi connectivity index (χ4v) is 3.47. The molecule has 1 saturated heterocycles. The summed E-state index contributed by atoms with van der Waals surface area (Å²) in [5.41, 5.74) is 0.621. The minimum atomic E-state index is -1.06. The van der Waals surface area contributed by atoms with Gasteiger partial charge in [0.2, 0.25) is 0 Å². The summed E-state index contributed by atoms with van der Waals surface area (Å²) in [5.74, 6) is -1.06. The number of likely N-dealkylation sites (N-methyl/N-ethyl adjacent to an activating group) is 1. The van der Waals surface area contributed by atoms with E-state index in [0.29, 0.717) is 11.7 Å². The second-order valence-electron chi connectivity index (χ2n) is 5.70. The maximum Gasteiger partial charge on any atom is 0.0941 e. The first-order chi connectivity index (χ1) is 9.54. The van der Waals surface area contributed by atoms with Gasteiger partial charge in [-0.15, -0.1) is 11.3 Å². The SMILES string of the molecule is CN(CCc1nc(CC(=O)[O-])cs1)C1CC[NH+](C)CC1. The molecule has 0 radical (unpaired) electrons. The molecule has 1 N–H and O–H groups in total. The van der Waals surface area contributed by atoms with Crippen LogP contribution in [0.4, 0.5) is 0 Å². The Morgan fingerprint density at radius 2 is 2.25 bits per heavy atom. The van der Waals surface area contributed by atoms with Crippen LogP contribution in [0.1, 0.15) is 23.5 Å². The van der Waals surface area contributed by atoms with Gasteiger partial charge in [-0.25, -0.2) is 4.98 Å². The van der Waals surface area contributed by atoms with Crippen molar-refractivity contribution >= 4 is 17.3 Å². The van der Waals surface area contributed by atoms with E-state index in [0.717, 1.165) is 18.0 Å². The van der Waals surface area contributed by atoms with Crippen LogP contribution >= 0.6 is 11.3 Å². The second-order valence-corrected chi connectivity index (χ2v) is 6.64. The zero-order valence-corrected chi connectivity index (χ0v) is 13.0. The number of nitrogens with zero attached hydrogens (tertiary/aromatic N) is 2. The maximum atomic E-state index is 10.5. The Morgan fingerprint density at radius 1 is 1.55 bits per heavy atom. The standard InChI is InChI=1S/C14H23N3O2S/c1-16-6-3-12(4-7-16)17(2)8-5-13-15-11(10-20-13)9-14(18)19/h10,12H,3-9H2,1-2H3,(H,18,19). The number of hydrogen-bond acceptors (Lipinski definition) is 5. The molecule has 1 fully saturated rings. The van der Waals surface area contributed by atoms with Crippen molar-refractivity contribution < 1.29 is 14.8 Å². The molecule has 0 aromatic carbocycles. The summed E-state index contributed by atoms with van der Waals surface area (Å²) in [4.78, 5) is 18.9. The number of aromatic nitrogens is 1. The van der Waals surface area contributed by atoms with Gasteiger partial charge in [0.25, 0.3) is 0 Å². The first-order valence-electron chi connectivity index (χ1n) is 7.19. The molecule has 0 amide bonds. The minimum absolute atomic E-state index is 0.0793. The number of carboxylic acid groups (broad SMARTS) is 1. The molecule has 0 bridgehead atoms. The number of thiazole rings is 1. The fourth-order valence-electron chi connectivity index (χ4n) is 2.68. The average Bonchev–Trinajstić information content (AvgIpc) is 2.83. The van der Waals surface area contributed by atoms with Crippen LogP contribution in [0.25, 0.3) is 0 Å². The van der Waals surface area contributed by atoms with Gasteiger partial charge in [-0.2, -0.15) is 0 Å². The van der Waals surface area contributed by atoms with E-state index < -0.39 is 5.97 Å². The Labute approximate surface area is 124 Å². The zero-order valence-electron chi connectivity index (χ0n) is 12.2. The van der Waals surface area contributed by atoms with Crippen molar-refractivity contribution in [2.45, 2.75) is 31.7 Å². The van der Waals surface area contributed by atoms with E-state index in [1.807, 2.05) is 5.38 Å². The van der Waals surface area contributed by atoms with E-state index >= 15 is 0 Å². The summed E-state index contributed by atoms with van der Waals surface area (Å²) in [7, 11) is 4.44. The smallest absolute Gasteiger partial charge is 0.0941 e. The summed E-state index contributed by atoms with van der Waals surface area (Å²) in [6.45, 7) is 3.49. The minimum Gasteiger partial charge on any atom is -0.550 e. The van der Waals surface area contributed by atoms with Crippen molar-refractivity contribution in [2.75, 3.05) is 33.7 Å². The number of quaternary nitrogens is 1. The second kappa shape index (κ2) is 7.15. The van der Waals surface area contributed by atoms with Gasteiger partial charge in [0, 0.05) is 49.6 Å². The molecule has 20 heavy (non-hydrogen) atoms. The van der Waals surface area contributed by atoms with Crippen LogP contribution in [0.3, 0.4) is 0 Å². The predicted octanol–water partition coefficient (Wildman–Crippen LogP) is -1.41. The normalized spacial score (nSPS) is 23.1. The number of nitrogens with one attached hydrogen (secondary N) is 1. The molecule has 0 atom stereocenters. The number of carbonyl (C=O) groups excluding carboxylic acids is 1. The molecule has 1 aromatic rings. The molecule has 5 nitrogen and oxygen atoms in total. The third-order valence-corrected chi connectivity index (χ3v) is 4.99. The van der Waals surface area contributed by atoms with Crippen molar-refractivity contribution in [2.24, 2.45) is 0 Å². The van der Waals surface area contributed by atoms with Crippen LogP contribution in [0.5, 0.6) is 0 Å². The lowest BCUT2D eigenvalue weighted by molar-refractivity contribution is -0.885. The average molecular weight is 297 g/mol. The topological polar surface area (TPSA) is 60.7 Å². The molecule has 2 rings (SSSR count). The molecule has 6 heteroatoms. The summed E-state index contributed by atoms with van der Waals surface area (Å²) in [6, 6.07) is 0.682. The van der Waals surface area contributed by atoms with Gasteiger partial charge in [-0.05, 0) is 7.05 Å². The van der Waals surface area contributed by atoms with Gasteiger partial charge in [-0.1, -0.05) is 0 Å². The van der Waals surface area contributed by atoms with Crippen molar-refractivity contribution in [3.05, 3.63) is 16.1 Å². The first kappa shape index (κ1) is 15.4. The molecule has 0 unspecified atom stereocenters. The molecule has 1 aliphatic rings. The number of hydrogen-bond donors (Lipinski definition) is 1. The number of aliphatic carboxylic acids is 1. The van der Waals surface area contributed by atoms with Crippen LogP contribution < -0.4 is 10.0 Å². The van der Waals surface area contributed by atoms with Crippen molar-refractivity contribution in [1.29, 1.82) is 0 Å². The third-order valence-electron chi connectivity index (χ3n) is 4.04. The molecule has 1 aromatic heterocycles. The van der Waals surface area contributed by atoms with Gasteiger partial charge < -0.3 is 19.7 Å². The number of likely N-dealkylation sites (tertiary alicyclic amines) is 1. The number of carbonyl (C=O) groups is 1. The molecule has 0 spiro atoms. The highest BCUT2D eigenvalue weighted by atomic mass is 32.1. The summed E-state index contributed by atoms with van der Waals surface area (Å²) >= 11 is 1.55. The highest BCUT2D eigenvalue weighted by Crippen LogP contribution is 2.13. The number of piperidine rings is 1. The quantitative estimate of drug-likeness (QED) is 0.701. The Kier molecular flexibility index (Phi) is 5.51. The monoisotopic (exact) mass is 297 g/mol. The van der Waals surface area contributed by atoms with E-state index in [1.165, 1.54) is 25.9 Å². The van der Waals surface area contributed by atoms with E-state index in [4.69, 9.17) is 0 Å². The van der Waals surface area contributed by atoms with Crippen molar-refractivity contribution in [1.82, 2.24) is 9.88 Å². The van der Waals surface area contributed by atoms with Gasteiger partial charge in [-0.3, -0.25) is 0 Å². The lowest BCUT2D eigenvalue weighted by Gasteiger charge is -2.33. The molecule has 2 heterocycles. The third kappa shape index (κ3) is 4.54. The number of carboxylic acids is 1. The Bertz CT molecular complexity index is 441. The zero-order chi connectivity index (χ0) is 14.5. The maximum absolute atomic E-state index is 10.5. The van der Waals surface area contributed by atoms with Gasteiger partial charge >= 0.3 is 0 Å². The van der Waals surface area contributed by atoms with Crippen LogP contribution in [-0.2, 0) is 17.6 Å². The Hall–Kier alpha value is -0.980. The summed E-state index contributed by atoms with van der Waals surface area (Å²) < 4.78 is 0. The predicted molar refractivity (Wildman–Crippen MR) is 76.8 cm³/mol. The fraction of sp³-hybridized carbons (Fsp3) is 0.714. The number of rotatable bonds is 6. The van der Waals surface area contributed by atoms with E-state index in [2.05, 4.69) is 24.0 Å². The van der Waals surface area contributed by atoms with Crippen LogP contribution in [0.2, 0.25) is 0 Å². The lowest BCUT2D eigenvalue weighted by atomic mass is 10.0. The molecule has 112 valence electrons. The van der Waals surface area contributed by atoms with E-state index in [1.54, 1.807) is 16.2 Å².